The number of aromatic nitrogens is 1. The Morgan fingerprint density at radius 2 is 1.62 bits per heavy atom. The van der Waals surface area contributed by atoms with E-state index in [2.05, 4.69) is 71.5 Å². The van der Waals surface area contributed by atoms with Gasteiger partial charge in [-0.1, -0.05) is 84.4 Å². The second-order valence-corrected chi connectivity index (χ2v) is 10.5. The molecule has 5 rings (SSSR count). The molecule has 6 nitrogen and oxygen atoms in total. The minimum absolute atomic E-state index is 0.0324. The fourth-order valence-corrected chi connectivity index (χ4v) is 5.29. The van der Waals surface area contributed by atoms with E-state index in [9.17, 15) is 4.79 Å². The van der Waals surface area contributed by atoms with Crippen LogP contribution in [0.4, 0.5) is 0 Å². The second-order valence-electron chi connectivity index (χ2n) is 10.5. The largest absolute Gasteiger partial charge is 0.493 e. The molecule has 0 spiro atoms. The highest BCUT2D eigenvalue weighted by molar-refractivity contribution is 5.87. The quantitative estimate of drug-likeness (QED) is 0.159. The second kappa shape index (κ2) is 13.9. The number of fused-ring (bicyclic) bond motifs is 1. The first-order chi connectivity index (χ1) is 20.6. The summed E-state index contributed by atoms with van der Waals surface area (Å²) in [6, 6.07) is 33.1. The van der Waals surface area contributed by atoms with Gasteiger partial charge in [0.2, 0.25) is 5.91 Å². The standard InChI is InChI=1S/C36H38N2O4/c1-26-13-15-27(16-14-26)23-38-24-32(30-11-7-8-12-33(30)38)31(22-36(39)37-19-20-40-2)29-17-18-34(41-3)35(21-29)42-25-28-9-5-4-6-10-28/h4-18,21,24,31H,19-20,22-23,25H2,1-3H3,(H,37,39). The molecule has 0 aliphatic rings. The smallest absolute Gasteiger partial charge is 0.221 e. The molecule has 1 amide bonds. The van der Waals surface area contributed by atoms with E-state index in [1.165, 1.54) is 11.1 Å². The minimum atomic E-state index is -0.207. The van der Waals surface area contributed by atoms with Crippen molar-refractivity contribution in [3.63, 3.8) is 0 Å². The highest BCUT2D eigenvalue weighted by atomic mass is 16.5. The Labute approximate surface area is 247 Å². The van der Waals surface area contributed by atoms with Gasteiger partial charge in [0.25, 0.3) is 0 Å². The monoisotopic (exact) mass is 562 g/mol. The predicted octanol–water partition coefficient (Wildman–Crippen LogP) is 6.87. The maximum absolute atomic E-state index is 13.2. The lowest BCUT2D eigenvalue weighted by atomic mass is 9.87. The van der Waals surface area contributed by atoms with Gasteiger partial charge in [-0.05, 0) is 47.4 Å². The van der Waals surface area contributed by atoms with Crippen molar-refractivity contribution in [2.24, 2.45) is 0 Å². The van der Waals surface area contributed by atoms with Crippen LogP contribution in [0.5, 0.6) is 11.5 Å². The Bertz CT molecular complexity index is 1610. The number of benzene rings is 4. The van der Waals surface area contributed by atoms with Gasteiger partial charge in [-0.3, -0.25) is 4.79 Å². The molecule has 1 aromatic heterocycles. The van der Waals surface area contributed by atoms with Crippen molar-refractivity contribution in [1.82, 2.24) is 9.88 Å². The zero-order valence-corrected chi connectivity index (χ0v) is 24.5. The van der Waals surface area contributed by atoms with E-state index in [0.29, 0.717) is 31.3 Å². The number of nitrogens with zero attached hydrogens (tertiary/aromatic N) is 1. The molecule has 42 heavy (non-hydrogen) atoms. The van der Waals surface area contributed by atoms with Gasteiger partial charge in [-0.15, -0.1) is 0 Å². The molecular formula is C36H38N2O4. The molecule has 0 saturated carbocycles. The van der Waals surface area contributed by atoms with Crippen LogP contribution in [0.25, 0.3) is 10.9 Å². The Balaban J connectivity index is 1.54. The number of carbonyl (C=O) groups excluding carboxylic acids is 1. The fraction of sp³-hybridized carbons (Fsp3) is 0.250. The van der Waals surface area contributed by atoms with E-state index in [1.807, 2.05) is 48.5 Å². The summed E-state index contributed by atoms with van der Waals surface area (Å²) in [7, 11) is 3.27. The SMILES string of the molecule is COCCNC(=O)CC(c1ccc(OC)c(OCc2ccccc2)c1)c1cn(Cc2ccc(C)cc2)c2ccccc12. The fourth-order valence-electron chi connectivity index (χ4n) is 5.29. The normalized spacial score (nSPS) is 11.8. The zero-order valence-electron chi connectivity index (χ0n) is 24.5. The Kier molecular flexibility index (Phi) is 9.57. The summed E-state index contributed by atoms with van der Waals surface area (Å²) in [5.41, 5.74) is 6.74. The molecule has 0 bridgehead atoms. The molecule has 0 aliphatic carbocycles. The molecule has 0 radical (unpaired) electrons. The van der Waals surface area contributed by atoms with Crippen LogP contribution in [0.3, 0.4) is 0 Å². The van der Waals surface area contributed by atoms with Crippen molar-refractivity contribution in [3.8, 4) is 11.5 Å². The van der Waals surface area contributed by atoms with Crippen molar-refractivity contribution in [2.45, 2.75) is 32.4 Å². The van der Waals surface area contributed by atoms with Crippen LogP contribution in [0.2, 0.25) is 0 Å². The third-order valence-electron chi connectivity index (χ3n) is 7.51. The molecule has 1 N–H and O–H groups in total. The van der Waals surface area contributed by atoms with Crippen molar-refractivity contribution < 1.29 is 19.0 Å². The van der Waals surface area contributed by atoms with Gasteiger partial charge in [-0.25, -0.2) is 0 Å². The number of aryl methyl sites for hydroxylation is 1. The van der Waals surface area contributed by atoms with E-state index < -0.39 is 0 Å². The zero-order chi connectivity index (χ0) is 29.3. The molecule has 1 unspecified atom stereocenters. The number of hydrogen-bond donors (Lipinski definition) is 1. The van der Waals surface area contributed by atoms with E-state index in [1.54, 1.807) is 14.2 Å². The third kappa shape index (κ3) is 7.01. The lowest BCUT2D eigenvalue weighted by molar-refractivity contribution is -0.121. The van der Waals surface area contributed by atoms with Crippen LogP contribution in [0.15, 0.2) is 103 Å². The number of methoxy groups -OCH3 is 2. The number of nitrogens with one attached hydrogen (secondary N) is 1. The maximum Gasteiger partial charge on any atom is 0.221 e. The number of para-hydroxylation sites is 1. The molecule has 4 aromatic carbocycles. The third-order valence-corrected chi connectivity index (χ3v) is 7.51. The number of amides is 1. The first-order valence-corrected chi connectivity index (χ1v) is 14.3. The lowest BCUT2D eigenvalue weighted by Crippen LogP contribution is -2.28. The van der Waals surface area contributed by atoms with Gasteiger partial charge < -0.3 is 24.1 Å². The summed E-state index contributed by atoms with van der Waals surface area (Å²) in [6.07, 6.45) is 2.49. The Morgan fingerprint density at radius 1 is 0.857 bits per heavy atom. The van der Waals surface area contributed by atoms with Crippen LogP contribution < -0.4 is 14.8 Å². The van der Waals surface area contributed by atoms with E-state index >= 15 is 0 Å². The maximum atomic E-state index is 13.2. The van der Waals surface area contributed by atoms with Crippen molar-refractivity contribution in [2.75, 3.05) is 27.4 Å². The topological polar surface area (TPSA) is 61.7 Å². The molecule has 6 heteroatoms. The van der Waals surface area contributed by atoms with Crippen LogP contribution in [0.1, 0.15) is 40.2 Å². The molecule has 0 fully saturated rings. The van der Waals surface area contributed by atoms with Crippen LogP contribution in [-0.2, 0) is 22.7 Å². The molecule has 0 saturated heterocycles. The van der Waals surface area contributed by atoms with Gasteiger partial charge >= 0.3 is 0 Å². The van der Waals surface area contributed by atoms with Gasteiger partial charge in [-0.2, -0.15) is 0 Å². The van der Waals surface area contributed by atoms with Crippen LogP contribution in [-0.4, -0.2) is 37.8 Å². The molecule has 1 atom stereocenters. The number of ether oxygens (including phenoxy) is 3. The average Bonchev–Trinajstić information content (AvgIpc) is 3.38. The molecule has 0 aliphatic heterocycles. The average molecular weight is 563 g/mol. The van der Waals surface area contributed by atoms with E-state index in [-0.39, 0.29) is 18.2 Å². The number of hydrogen-bond acceptors (Lipinski definition) is 4. The van der Waals surface area contributed by atoms with Crippen molar-refractivity contribution >= 4 is 16.8 Å². The minimum Gasteiger partial charge on any atom is -0.493 e. The Morgan fingerprint density at radius 3 is 2.38 bits per heavy atom. The van der Waals surface area contributed by atoms with Gasteiger partial charge in [0.1, 0.15) is 6.61 Å². The summed E-state index contributed by atoms with van der Waals surface area (Å²) in [4.78, 5) is 13.2. The number of rotatable bonds is 13. The summed E-state index contributed by atoms with van der Waals surface area (Å²) in [5.74, 6) is 1.06. The summed E-state index contributed by atoms with van der Waals surface area (Å²) >= 11 is 0. The van der Waals surface area contributed by atoms with Crippen molar-refractivity contribution in [3.05, 3.63) is 131 Å². The first kappa shape index (κ1) is 29.0. The molecule has 216 valence electrons. The van der Waals surface area contributed by atoms with Gasteiger partial charge in [0.15, 0.2) is 11.5 Å². The highest BCUT2D eigenvalue weighted by Crippen LogP contribution is 2.39. The molecule has 5 aromatic rings. The van der Waals surface area contributed by atoms with Gasteiger partial charge in [0.05, 0.1) is 13.7 Å². The summed E-state index contributed by atoms with van der Waals surface area (Å²) < 4.78 is 19.3. The molecule has 1 heterocycles. The number of carbonyl (C=O) groups is 1. The van der Waals surface area contributed by atoms with Crippen molar-refractivity contribution in [1.29, 1.82) is 0 Å². The lowest BCUT2D eigenvalue weighted by Gasteiger charge is -2.20. The predicted molar refractivity (Wildman–Crippen MR) is 167 cm³/mol. The van der Waals surface area contributed by atoms with Crippen LogP contribution in [0, 0.1) is 6.92 Å². The van der Waals surface area contributed by atoms with E-state index in [4.69, 9.17) is 14.2 Å². The summed E-state index contributed by atoms with van der Waals surface area (Å²) in [5, 5.41) is 4.14. The van der Waals surface area contributed by atoms with Gasteiger partial charge in [0, 0.05) is 49.6 Å². The summed E-state index contributed by atoms with van der Waals surface area (Å²) in [6.45, 7) is 4.18. The van der Waals surface area contributed by atoms with Crippen LogP contribution >= 0.6 is 0 Å². The molecular weight excluding hydrogens is 524 g/mol. The first-order valence-electron chi connectivity index (χ1n) is 14.3. The highest BCUT2D eigenvalue weighted by Gasteiger charge is 2.24. The Hall–Kier alpha value is -4.55. The van der Waals surface area contributed by atoms with E-state index in [0.717, 1.165) is 34.1 Å².